The largest absolute Gasteiger partial charge is 0.496 e. The van der Waals surface area contributed by atoms with Crippen LogP contribution in [0.1, 0.15) is 21.5 Å². The molecule has 0 aromatic heterocycles. The summed E-state index contributed by atoms with van der Waals surface area (Å²) in [7, 11) is 1.57. The number of rotatable bonds is 3. The Balaban J connectivity index is 2.06. The summed E-state index contributed by atoms with van der Waals surface area (Å²) < 4.78 is 5.86. The molecule has 0 saturated carbocycles. The van der Waals surface area contributed by atoms with Gasteiger partial charge in [-0.15, -0.1) is 0 Å². The van der Waals surface area contributed by atoms with Gasteiger partial charge in [-0.1, -0.05) is 12.1 Å². The van der Waals surface area contributed by atoms with E-state index in [4.69, 9.17) is 17.0 Å². The molecule has 23 heavy (non-hydrogen) atoms. The Hall–Kier alpha value is -1.92. The number of carbonyl (C=O) groups is 1. The summed E-state index contributed by atoms with van der Waals surface area (Å²) in [6.45, 7) is 3.98. The molecule has 0 unspecified atom stereocenters. The van der Waals surface area contributed by atoms with E-state index in [1.807, 2.05) is 32.0 Å². The molecule has 0 aliphatic rings. The highest BCUT2D eigenvalue weighted by atomic mass is 79.9. The van der Waals surface area contributed by atoms with E-state index in [1.165, 1.54) is 0 Å². The summed E-state index contributed by atoms with van der Waals surface area (Å²) in [6, 6.07) is 11.1. The number of ether oxygens (including phenoxy) is 1. The Morgan fingerprint density at radius 2 is 1.91 bits per heavy atom. The quantitative estimate of drug-likeness (QED) is 0.768. The standard InChI is InChI=1S/C17H17BrN2O2S/c1-10-4-5-11(2)14(8-10)19-17(23)20-16(21)12-6-7-15(22-3)13(18)9-12/h4-9H,1-3H3,(H2,19,20,21,23). The van der Waals surface area contributed by atoms with Crippen LogP contribution in [0.5, 0.6) is 5.75 Å². The van der Waals surface area contributed by atoms with Gasteiger partial charge in [-0.3, -0.25) is 10.1 Å². The van der Waals surface area contributed by atoms with E-state index < -0.39 is 0 Å². The van der Waals surface area contributed by atoms with Crippen molar-refractivity contribution in [3.63, 3.8) is 0 Å². The summed E-state index contributed by atoms with van der Waals surface area (Å²) in [5.41, 5.74) is 3.54. The zero-order valence-electron chi connectivity index (χ0n) is 13.1. The van der Waals surface area contributed by atoms with Crippen molar-refractivity contribution in [3.05, 3.63) is 57.6 Å². The van der Waals surface area contributed by atoms with Crippen molar-refractivity contribution in [2.45, 2.75) is 13.8 Å². The molecule has 0 aliphatic heterocycles. The molecule has 4 nitrogen and oxygen atoms in total. The van der Waals surface area contributed by atoms with Crippen LogP contribution in [0.15, 0.2) is 40.9 Å². The second-order valence-electron chi connectivity index (χ2n) is 5.08. The van der Waals surface area contributed by atoms with Crippen molar-refractivity contribution >= 4 is 44.9 Å². The van der Waals surface area contributed by atoms with Crippen LogP contribution in [-0.4, -0.2) is 18.1 Å². The van der Waals surface area contributed by atoms with Gasteiger partial charge in [0.25, 0.3) is 5.91 Å². The molecule has 0 radical (unpaired) electrons. The first-order valence-electron chi connectivity index (χ1n) is 6.94. The maximum Gasteiger partial charge on any atom is 0.257 e. The third-order valence-electron chi connectivity index (χ3n) is 3.28. The first-order chi connectivity index (χ1) is 10.9. The second kappa shape index (κ2) is 7.57. The number of carbonyl (C=O) groups excluding carboxylic acids is 1. The van der Waals surface area contributed by atoms with Crippen LogP contribution in [0.4, 0.5) is 5.69 Å². The fourth-order valence-corrected chi connectivity index (χ4v) is 2.75. The molecule has 2 aromatic carbocycles. The molecule has 0 bridgehead atoms. The molecule has 2 aromatic rings. The van der Waals surface area contributed by atoms with Crippen LogP contribution in [0, 0.1) is 13.8 Å². The zero-order valence-corrected chi connectivity index (χ0v) is 15.5. The number of amides is 1. The molecule has 2 N–H and O–H groups in total. The lowest BCUT2D eigenvalue weighted by Crippen LogP contribution is -2.34. The van der Waals surface area contributed by atoms with E-state index in [0.717, 1.165) is 16.8 Å². The summed E-state index contributed by atoms with van der Waals surface area (Å²) in [5.74, 6) is 0.383. The van der Waals surface area contributed by atoms with Gasteiger partial charge in [0.1, 0.15) is 5.75 Å². The van der Waals surface area contributed by atoms with E-state index in [0.29, 0.717) is 15.8 Å². The van der Waals surface area contributed by atoms with E-state index in [1.54, 1.807) is 25.3 Å². The molecule has 0 spiro atoms. The number of thiocarbonyl (C=S) groups is 1. The predicted octanol–water partition coefficient (Wildman–Crippen LogP) is 4.20. The van der Waals surface area contributed by atoms with Crippen molar-refractivity contribution in [1.82, 2.24) is 5.32 Å². The minimum absolute atomic E-state index is 0.260. The summed E-state index contributed by atoms with van der Waals surface area (Å²) in [5, 5.41) is 5.99. The van der Waals surface area contributed by atoms with Gasteiger partial charge in [0, 0.05) is 11.3 Å². The van der Waals surface area contributed by atoms with Crippen molar-refractivity contribution in [1.29, 1.82) is 0 Å². The second-order valence-corrected chi connectivity index (χ2v) is 6.34. The number of anilines is 1. The number of benzene rings is 2. The van der Waals surface area contributed by atoms with Crippen molar-refractivity contribution < 1.29 is 9.53 Å². The van der Waals surface area contributed by atoms with Gasteiger partial charge in [0.2, 0.25) is 0 Å². The van der Waals surface area contributed by atoms with Crippen molar-refractivity contribution in [2.24, 2.45) is 0 Å². The van der Waals surface area contributed by atoms with E-state index in [-0.39, 0.29) is 11.0 Å². The number of nitrogens with one attached hydrogen (secondary N) is 2. The lowest BCUT2D eigenvalue weighted by Gasteiger charge is -2.13. The number of hydrogen-bond acceptors (Lipinski definition) is 3. The lowest BCUT2D eigenvalue weighted by molar-refractivity contribution is 0.0977. The van der Waals surface area contributed by atoms with E-state index in [2.05, 4.69) is 26.6 Å². The van der Waals surface area contributed by atoms with Crippen LogP contribution in [0.3, 0.4) is 0 Å². The third kappa shape index (κ3) is 4.53. The Morgan fingerprint density at radius 1 is 1.17 bits per heavy atom. The summed E-state index contributed by atoms with van der Waals surface area (Å²) in [4.78, 5) is 12.2. The highest BCUT2D eigenvalue weighted by Crippen LogP contribution is 2.25. The van der Waals surface area contributed by atoms with Gasteiger partial charge in [-0.05, 0) is 77.4 Å². The maximum atomic E-state index is 12.2. The number of hydrogen-bond donors (Lipinski definition) is 2. The number of methoxy groups -OCH3 is 1. The molecule has 120 valence electrons. The average molecular weight is 393 g/mol. The Kier molecular flexibility index (Phi) is 5.74. The Labute approximate surface area is 149 Å². The van der Waals surface area contributed by atoms with Gasteiger partial charge < -0.3 is 10.1 Å². The number of halogens is 1. The SMILES string of the molecule is COc1ccc(C(=O)NC(=S)Nc2cc(C)ccc2C)cc1Br. The van der Waals surface area contributed by atoms with Gasteiger partial charge in [-0.25, -0.2) is 0 Å². The Bertz CT molecular complexity index is 762. The normalized spacial score (nSPS) is 10.1. The Morgan fingerprint density at radius 3 is 2.57 bits per heavy atom. The molecule has 0 heterocycles. The van der Waals surface area contributed by atoms with Crippen LogP contribution in [0.2, 0.25) is 0 Å². The van der Waals surface area contributed by atoms with Crippen LogP contribution in [0.25, 0.3) is 0 Å². The molecule has 1 amide bonds. The predicted molar refractivity (Wildman–Crippen MR) is 100 cm³/mol. The highest BCUT2D eigenvalue weighted by molar-refractivity contribution is 9.10. The zero-order chi connectivity index (χ0) is 17.0. The maximum absolute atomic E-state index is 12.2. The van der Waals surface area contributed by atoms with Crippen molar-refractivity contribution in [2.75, 3.05) is 12.4 Å². The van der Waals surface area contributed by atoms with Crippen LogP contribution >= 0.6 is 28.1 Å². The molecule has 2 rings (SSSR count). The van der Waals surface area contributed by atoms with Gasteiger partial charge in [0.05, 0.1) is 11.6 Å². The summed E-state index contributed by atoms with van der Waals surface area (Å²) >= 11 is 8.58. The van der Waals surface area contributed by atoms with E-state index in [9.17, 15) is 4.79 Å². The van der Waals surface area contributed by atoms with Crippen LogP contribution in [-0.2, 0) is 0 Å². The third-order valence-corrected chi connectivity index (χ3v) is 4.11. The van der Waals surface area contributed by atoms with Gasteiger partial charge >= 0.3 is 0 Å². The van der Waals surface area contributed by atoms with E-state index >= 15 is 0 Å². The first kappa shape index (κ1) is 17.4. The van der Waals surface area contributed by atoms with Crippen LogP contribution < -0.4 is 15.4 Å². The highest BCUT2D eigenvalue weighted by Gasteiger charge is 2.11. The molecule has 0 saturated heterocycles. The summed E-state index contributed by atoms with van der Waals surface area (Å²) in [6.07, 6.45) is 0. The fraction of sp³-hybridized carbons (Fsp3) is 0.176. The number of aryl methyl sites for hydroxylation is 2. The monoisotopic (exact) mass is 392 g/mol. The average Bonchev–Trinajstić information content (AvgIpc) is 2.50. The molecule has 0 atom stereocenters. The molecule has 6 heteroatoms. The molecular formula is C17H17BrN2O2S. The molecular weight excluding hydrogens is 376 g/mol. The fourth-order valence-electron chi connectivity index (χ4n) is 2.01. The van der Waals surface area contributed by atoms with Gasteiger partial charge in [0.15, 0.2) is 5.11 Å². The molecule has 0 aliphatic carbocycles. The van der Waals surface area contributed by atoms with Gasteiger partial charge in [-0.2, -0.15) is 0 Å². The van der Waals surface area contributed by atoms with Crippen molar-refractivity contribution in [3.8, 4) is 5.75 Å². The topological polar surface area (TPSA) is 50.4 Å². The molecule has 0 fully saturated rings. The smallest absolute Gasteiger partial charge is 0.257 e. The minimum Gasteiger partial charge on any atom is -0.496 e. The first-order valence-corrected chi connectivity index (χ1v) is 8.14. The lowest BCUT2D eigenvalue weighted by atomic mass is 10.1. The minimum atomic E-state index is -0.281.